The van der Waals surface area contributed by atoms with Gasteiger partial charge in [-0.15, -0.1) is 0 Å². The molecule has 0 bridgehead atoms. The lowest BCUT2D eigenvalue weighted by Gasteiger charge is -1.89. The van der Waals surface area contributed by atoms with E-state index >= 15 is 0 Å². The van der Waals surface area contributed by atoms with Crippen LogP contribution in [0.15, 0.2) is 23.0 Å². The molecule has 0 unspecified atom stereocenters. The predicted octanol–water partition coefficient (Wildman–Crippen LogP) is 1.18. The van der Waals surface area contributed by atoms with Crippen LogP contribution in [-0.2, 0) is 0 Å². The van der Waals surface area contributed by atoms with Crippen molar-refractivity contribution in [2.45, 2.75) is 6.42 Å². The van der Waals surface area contributed by atoms with Gasteiger partial charge in [-0.2, -0.15) is 0 Å². The number of furan rings is 1. The van der Waals surface area contributed by atoms with Crippen molar-refractivity contribution in [2.75, 3.05) is 6.54 Å². The quantitative estimate of drug-likeness (QED) is 0.657. The molecule has 0 aromatic carbocycles. The second kappa shape index (κ2) is 3.30. The summed E-state index contributed by atoms with van der Waals surface area (Å²) < 4.78 is 4.84. The first-order chi connectivity index (χ1) is 4.43. The minimum absolute atomic E-state index is 0.700. The average Bonchev–Trinajstić information content (AvgIpc) is 2.34. The minimum Gasteiger partial charge on any atom is -0.472 e. The zero-order valence-corrected chi connectivity index (χ0v) is 5.21. The Morgan fingerprint density at radius 1 is 1.67 bits per heavy atom. The molecule has 0 aliphatic rings. The van der Waals surface area contributed by atoms with Crippen LogP contribution < -0.4 is 5.73 Å². The Labute approximate surface area is 54.7 Å². The van der Waals surface area contributed by atoms with E-state index in [0.29, 0.717) is 6.54 Å². The van der Waals surface area contributed by atoms with Gasteiger partial charge in [0.1, 0.15) is 0 Å². The molecule has 0 atom stereocenters. The summed E-state index contributed by atoms with van der Waals surface area (Å²) in [7, 11) is 0. The first-order valence-electron chi connectivity index (χ1n) is 2.99. The van der Waals surface area contributed by atoms with Gasteiger partial charge in [0.05, 0.1) is 12.5 Å². The van der Waals surface area contributed by atoms with Crippen molar-refractivity contribution in [3.63, 3.8) is 0 Å². The fourth-order valence-corrected chi connectivity index (χ4v) is 0.641. The molecule has 2 nitrogen and oxygen atoms in total. The SMILES string of the molecule is NCC[CH]c1ccoc1. The van der Waals surface area contributed by atoms with E-state index in [1.807, 2.05) is 12.5 Å². The Hall–Kier alpha value is -0.760. The van der Waals surface area contributed by atoms with Gasteiger partial charge in [-0.05, 0) is 31.0 Å². The fourth-order valence-electron chi connectivity index (χ4n) is 0.641. The molecule has 9 heavy (non-hydrogen) atoms. The van der Waals surface area contributed by atoms with Crippen molar-refractivity contribution in [2.24, 2.45) is 5.73 Å². The topological polar surface area (TPSA) is 39.2 Å². The summed E-state index contributed by atoms with van der Waals surface area (Å²) in [5, 5.41) is 0. The third-order valence-corrected chi connectivity index (χ3v) is 1.09. The Morgan fingerprint density at radius 2 is 2.56 bits per heavy atom. The Kier molecular flexibility index (Phi) is 2.33. The van der Waals surface area contributed by atoms with E-state index in [1.54, 1.807) is 12.5 Å². The van der Waals surface area contributed by atoms with Gasteiger partial charge in [0.2, 0.25) is 0 Å². The summed E-state index contributed by atoms with van der Waals surface area (Å²) in [5.74, 6) is 0. The Bertz CT molecular complexity index is 146. The zero-order chi connectivity index (χ0) is 6.53. The lowest BCUT2D eigenvalue weighted by Crippen LogP contribution is -1.97. The van der Waals surface area contributed by atoms with Gasteiger partial charge in [0, 0.05) is 0 Å². The first kappa shape index (κ1) is 6.36. The van der Waals surface area contributed by atoms with Crippen molar-refractivity contribution < 1.29 is 4.42 Å². The van der Waals surface area contributed by atoms with Crippen molar-refractivity contribution in [1.29, 1.82) is 0 Å². The number of hydrogen-bond acceptors (Lipinski definition) is 2. The molecule has 0 saturated carbocycles. The van der Waals surface area contributed by atoms with Crippen LogP contribution in [0.25, 0.3) is 0 Å². The van der Waals surface area contributed by atoms with Gasteiger partial charge in [-0.25, -0.2) is 0 Å². The molecule has 0 aliphatic heterocycles. The summed E-state index contributed by atoms with van der Waals surface area (Å²) >= 11 is 0. The molecule has 1 heterocycles. The van der Waals surface area contributed by atoms with Crippen LogP contribution in [0.2, 0.25) is 0 Å². The van der Waals surface area contributed by atoms with E-state index in [9.17, 15) is 0 Å². The maximum Gasteiger partial charge on any atom is 0.0937 e. The monoisotopic (exact) mass is 124 g/mol. The number of nitrogens with two attached hydrogens (primary N) is 1. The van der Waals surface area contributed by atoms with Crippen molar-refractivity contribution in [3.8, 4) is 0 Å². The van der Waals surface area contributed by atoms with Gasteiger partial charge >= 0.3 is 0 Å². The maximum absolute atomic E-state index is 5.28. The highest BCUT2D eigenvalue weighted by Crippen LogP contribution is 2.04. The van der Waals surface area contributed by atoms with E-state index in [0.717, 1.165) is 12.0 Å². The van der Waals surface area contributed by atoms with Crippen LogP contribution in [-0.4, -0.2) is 6.54 Å². The lowest BCUT2D eigenvalue weighted by atomic mass is 10.2. The Morgan fingerprint density at radius 3 is 3.11 bits per heavy atom. The average molecular weight is 124 g/mol. The second-order valence-electron chi connectivity index (χ2n) is 1.84. The molecule has 2 heteroatoms. The summed E-state index contributed by atoms with van der Waals surface area (Å²) in [6, 6.07) is 1.91. The smallest absolute Gasteiger partial charge is 0.0937 e. The predicted molar refractivity (Wildman–Crippen MR) is 35.8 cm³/mol. The van der Waals surface area contributed by atoms with Crippen LogP contribution in [0.5, 0.6) is 0 Å². The van der Waals surface area contributed by atoms with Crippen LogP contribution in [0.3, 0.4) is 0 Å². The van der Waals surface area contributed by atoms with E-state index in [-0.39, 0.29) is 0 Å². The number of hydrogen-bond donors (Lipinski definition) is 1. The molecule has 0 amide bonds. The van der Waals surface area contributed by atoms with Crippen molar-refractivity contribution in [3.05, 3.63) is 30.6 Å². The van der Waals surface area contributed by atoms with Gasteiger partial charge in [-0.1, -0.05) is 0 Å². The normalized spacial score (nSPS) is 9.89. The third kappa shape index (κ3) is 1.90. The standard InChI is InChI=1S/C7H10NO/c8-4-1-2-7-3-5-9-6-7/h2-3,5-6H,1,4,8H2. The highest BCUT2D eigenvalue weighted by Gasteiger charge is 1.91. The van der Waals surface area contributed by atoms with Crippen LogP contribution >= 0.6 is 0 Å². The van der Waals surface area contributed by atoms with Gasteiger partial charge in [-0.3, -0.25) is 0 Å². The molecule has 0 fully saturated rings. The van der Waals surface area contributed by atoms with Crippen LogP contribution in [0.4, 0.5) is 0 Å². The lowest BCUT2D eigenvalue weighted by molar-refractivity contribution is 0.565. The van der Waals surface area contributed by atoms with Gasteiger partial charge in [0.15, 0.2) is 0 Å². The highest BCUT2D eigenvalue weighted by atomic mass is 16.3. The van der Waals surface area contributed by atoms with Crippen molar-refractivity contribution >= 4 is 0 Å². The summed E-state index contributed by atoms with van der Waals surface area (Å²) in [4.78, 5) is 0. The highest BCUT2D eigenvalue weighted by molar-refractivity contribution is 5.15. The third-order valence-electron chi connectivity index (χ3n) is 1.09. The zero-order valence-electron chi connectivity index (χ0n) is 5.21. The molecule has 0 aliphatic carbocycles. The summed E-state index contributed by atoms with van der Waals surface area (Å²) in [5.41, 5.74) is 6.39. The first-order valence-corrected chi connectivity index (χ1v) is 2.99. The largest absolute Gasteiger partial charge is 0.472 e. The molecule has 0 saturated heterocycles. The molecule has 1 aromatic rings. The van der Waals surface area contributed by atoms with E-state index < -0.39 is 0 Å². The van der Waals surface area contributed by atoms with Crippen LogP contribution in [0, 0.1) is 6.42 Å². The molecular formula is C7H10NO. The molecule has 0 spiro atoms. The molecule has 49 valence electrons. The molecule has 2 N–H and O–H groups in total. The van der Waals surface area contributed by atoms with E-state index in [2.05, 4.69) is 0 Å². The fraction of sp³-hybridized carbons (Fsp3) is 0.286. The van der Waals surface area contributed by atoms with Gasteiger partial charge in [0.25, 0.3) is 0 Å². The minimum atomic E-state index is 0.700. The van der Waals surface area contributed by atoms with Crippen LogP contribution in [0.1, 0.15) is 12.0 Å². The number of rotatable bonds is 3. The second-order valence-corrected chi connectivity index (χ2v) is 1.84. The van der Waals surface area contributed by atoms with E-state index in [4.69, 9.17) is 10.2 Å². The Balaban J connectivity index is 2.30. The molecular weight excluding hydrogens is 114 g/mol. The van der Waals surface area contributed by atoms with Gasteiger partial charge < -0.3 is 10.2 Å². The summed E-state index contributed by atoms with van der Waals surface area (Å²) in [6.07, 6.45) is 6.32. The van der Waals surface area contributed by atoms with Crippen molar-refractivity contribution in [1.82, 2.24) is 0 Å². The van der Waals surface area contributed by atoms with E-state index in [1.165, 1.54) is 0 Å². The molecule has 1 rings (SSSR count). The molecule has 1 aromatic heterocycles. The summed E-state index contributed by atoms with van der Waals surface area (Å²) in [6.45, 7) is 0.700. The maximum atomic E-state index is 5.28. The molecule has 1 radical (unpaired) electrons.